The minimum absolute atomic E-state index is 0.0450. The van der Waals surface area contributed by atoms with E-state index >= 15 is 0 Å². The first-order valence-corrected chi connectivity index (χ1v) is 26.1. The molecule has 0 unspecified atom stereocenters. The molecule has 0 N–H and O–H groups in total. The van der Waals surface area contributed by atoms with Crippen LogP contribution >= 0.6 is 0 Å². The van der Waals surface area contributed by atoms with Crippen molar-refractivity contribution in [3.63, 3.8) is 0 Å². The third kappa shape index (κ3) is 4.05. The SMILES string of the molecule is CCCCc1nc2c3c4c(cc2c2ccccc12)N1c2ccccc2C2(c5cccc(c51)B4c1cccc4c1N3c1ccccc1C41C3CC4CC(C3)CC1C4)C1CC3CC(C1)CC2C3. The smallest absolute Gasteiger partial charge is 0.252 e. The lowest BCUT2D eigenvalue weighted by Crippen LogP contribution is -2.65. The fourth-order valence-electron chi connectivity index (χ4n) is 19.3. The molecule has 8 bridgehead atoms. The van der Waals surface area contributed by atoms with Crippen LogP contribution < -0.4 is 26.2 Å². The number of rotatable bonds is 3. The zero-order valence-electron chi connectivity index (χ0n) is 37.7. The molecule has 6 aromatic carbocycles. The molecule has 8 saturated carbocycles. The Bertz CT molecular complexity index is 3220. The predicted octanol–water partition coefficient (Wildman–Crippen LogP) is 12.9. The fraction of sp³-hybridized carbons (Fsp3) is 0.393. The van der Waals surface area contributed by atoms with Gasteiger partial charge in [0.1, 0.15) is 0 Å². The van der Waals surface area contributed by atoms with Gasteiger partial charge in [0.2, 0.25) is 0 Å². The highest BCUT2D eigenvalue weighted by atomic mass is 15.2. The number of pyridine rings is 1. The van der Waals surface area contributed by atoms with Gasteiger partial charge in [0.25, 0.3) is 6.71 Å². The molecule has 0 saturated heterocycles. The molecule has 2 spiro atoms. The molecule has 4 heteroatoms. The van der Waals surface area contributed by atoms with Crippen LogP contribution in [0, 0.1) is 47.3 Å². The molecule has 4 aliphatic heterocycles. The molecule has 3 nitrogen and oxygen atoms in total. The van der Waals surface area contributed by atoms with E-state index in [1.807, 2.05) is 0 Å². The average molecular weight is 842 g/mol. The summed E-state index contributed by atoms with van der Waals surface area (Å²) in [6, 6.07) is 47.0. The summed E-state index contributed by atoms with van der Waals surface area (Å²) in [6.45, 7) is 2.44. The largest absolute Gasteiger partial charge is 0.311 e. The van der Waals surface area contributed by atoms with Gasteiger partial charge >= 0.3 is 0 Å². The zero-order chi connectivity index (χ0) is 42.1. The van der Waals surface area contributed by atoms with Gasteiger partial charge in [-0.15, -0.1) is 0 Å². The summed E-state index contributed by atoms with van der Waals surface area (Å²) in [5, 5.41) is 3.97. The zero-order valence-corrected chi connectivity index (χ0v) is 37.7. The average Bonchev–Trinajstić information content (AvgIpc) is 3.33. The Morgan fingerprint density at radius 2 is 0.985 bits per heavy atom. The van der Waals surface area contributed by atoms with E-state index in [2.05, 4.69) is 132 Å². The van der Waals surface area contributed by atoms with Crippen LogP contribution in [0.1, 0.15) is 112 Å². The number of hydrogen-bond donors (Lipinski definition) is 0. The van der Waals surface area contributed by atoms with Crippen molar-refractivity contribution in [1.82, 2.24) is 4.98 Å². The van der Waals surface area contributed by atoms with Gasteiger partial charge in [0, 0.05) is 44.4 Å². The highest BCUT2D eigenvalue weighted by Crippen LogP contribution is 2.72. The van der Waals surface area contributed by atoms with E-state index in [0.29, 0.717) is 23.7 Å². The number of hydrogen-bond acceptors (Lipinski definition) is 3. The minimum Gasteiger partial charge on any atom is -0.311 e. The summed E-state index contributed by atoms with van der Waals surface area (Å²) < 4.78 is 0. The minimum atomic E-state index is 0.0450. The van der Waals surface area contributed by atoms with Crippen molar-refractivity contribution >= 4 is 78.9 Å². The lowest BCUT2D eigenvalue weighted by molar-refractivity contribution is -0.0419. The number of benzene rings is 6. The number of fused-ring (bicyclic) bond motifs is 12. The van der Waals surface area contributed by atoms with Crippen LogP contribution in [0.15, 0.2) is 115 Å². The standard InChI is InChI=1S/C61H56BN3/c1-2-3-20-51-43-13-5-4-12-42(43)44-33-54-55-59(56(44)63-51)65-53-22-9-7-15-46(53)61(40-29-36-24-37(31-40)32-41(61)30-36)48-17-11-19-50(58(48)65)62(55)49-18-10-16-47-57(49)64(54)52-21-8-6-14-45(52)60(47)38-25-34-23-35(27-38)28-39(60)26-34/h4-19,21-22,33-41H,2-3,20,23-32H2,1H3. The van der Waals surface area contributed by atoms with Crippen molar-refractivity contribution in [3.8, 4) is 0 Å². The van der Waals surface area contributed by atoms with Crippen LogP contribution in [-0.2, 0) is 17.3 Å². The molecule has 12 aliphatic rings. The van der Waals surface area contributed by atoms with Gasteiger partial charge in [-0.1, -0.05) is 110 Å². The maximum atomic E-state index is 6.00. The Labute approximate surface area is 383 Å². The lowest BCUT2D eigenvalue weighted by Gasteiger charge is -2.65. The Morgan fingerprint density at radius 3 is 1.55 bits per heavy atom. The molecule has 8 fully saturated rings. The van der Waals surface area contributed by atoms with Crippen molar-refractivity contribution in [3.05, 3.63) is 143 Å². The molecule has 7 aromatic rings. The van der Waals surface area contributed by atoms with Crippen LogP contribution in [0.25, 0.3) is 21.7 Å². The predicted molar refractivity (Wildman–Crippen MR) is 268 cm³/mol. The van der Waals surface area contributed by atoms with E-state index in [1.54, 1.807) is 22.3 Å². The second-order valence-electron chi connectivity index (χ2n) is 23.2. The third-order valence-corrected chi connectivity index (χ3v) is 20.7. The Morgan fingerprint density at radius 1 is 0.492 bits per heavy atom. The number of para-hydroxylation sites is 4. The molecule has 318 valence electrons. The molecule has 0 radical (unpaired) electrons. The molecule has 0 atom stereocenters. The number of aryl methyl sites for hydroxylation is 1. The summed E-state index contributed by atoms with van der Waals surface area (Å²) in [5.74, 6) is 6.42. The van der Waals surface area contributed by atoms with Crippen molar-refractivity contribution < 1.29 is 0 Å². The number of unbranched alkanes of at least 4 members (excludes halogenated alkanes) is 1. The van der Waals surface area contributed by atoms with Crippen LogP contribution in [0.3, 0.4) is 0 Å². The summed E-state index contributed by atoms with van der Waals surface area (Å²) in [4.78, 5) is 11.6. The van der Waals surface area contributed by atoms with Gasteiger partial charge in [-0.2, -0.15) is 0 Å². The molecule has 0 amide bonds. The third-order valence-electron chi connectivity index (χ3n) is 20.7. The molecular formula is C61H56BN3. The van der Waals surface area contributed by atoms with Gasteiger partial charge in [0.05, 0.1) is 22.6 Å². The maximum Gasteiger partial charge on any atom is 0.252 e. The van der Waals surface area contributed by atoms with E-state index in [1.165, 1.54) is 142 Å². The van der Waals surface area contributed by atoms with E-state index < -0.39 is 0 Å². The van der Waals surface area contributed by atoms with Gasteiger partial charge in [-0.3, -0.25) is 0 Å². The quantitative estimate of drug-likeness (QED) is 0.130. The van der Waals surface area contributed by atoms with Crippen molar-refractivity contribution in [2.24, 2.45) is 47.3 Å². The summed E-state index contributed by atoms with van der Waals surface area (Å²) in [6.07, 6.45) is 17.4. The Balaban J connectivity index is 1.03. The molecule has 19 rings (SSSR count). The van der Waals surface area contributed by atoms with E-state index in [9.17, 15) is 0 Å². The first-order chi connectivity index (χ1) is 32.1. The number of aromatic nitrogens is 1. The number of nitrogens with zero attached hydrogens (tertiary/aromatic N) is 3. The van der Waals surface area contributed by atoms with Gasteiger partial charge in [0.15, 0.2) is 0 Å². The van der Waals surface area contributed by atoms with Crippen LogP contribution in [0.4, 0.5) is 34.1 Å². The Kier molecular flexibility index (Phi) is 6.71. The lowest BCUT2D eigenvalue weighted by atomic mass is 9.31. The Hall–Kier alpha value is -5.35. The first kappa shape index (κ1) is 35.9. The van der Waals surface area contributed by atoms with Crippen LogP contribution in [-0.4, -0.2) is 11.7 Å². The summed E-state index contributed by atoms with van der Waals surface area (Å²) >= 11 is 0. The van der Waals surface area contributed by atoms with Crippen molar-refractivity contribution in [1.29, 1.82) is 0 Å². The number of anilines is 6. The van der Waals surface area contributed by atoms with Crippen LogP contribution in [0.5, 0.6) is 0 Å². The maximum absolute atomic E-state index is 6.00. The second-order valence-corrected chi connectivity index (χ2v) is 23.2. The first-order valence-electron chi connectivity index (χ1n) is 26.1. The highest BCUT2D eigenvalue weighted by Gasteiger charge is 2.65. The normalized spacial score (nSPS) is 32.6. The summed E-state index contributed by atoms with van der Waals surface area (Å²) in [7, 11) is 0. The van der Waals surface area contributed by atoms with Gasteiger partial charge in [-0.25, -0.2) is 4.98 Å². The van der Waals surface area contributed by atoms with E-state index in [4.69, 9.17) is 4.98 Å². The molecular weight excluding hydrogens is 786 g/mol. The van der Waals surface area contributed by atoms with Gasteiger partial charge in [-0.05, 0) is 187 Å². The molecule has 65 heavy (non-hydrogen) atoms. The molecule has 5 heterocycles. The van der Waals surface area contributed by atoms with E-state index in [-0.39, 0.29) is 17.5 Å². The van der Waals surface area contributed by atoms with Crippen molar-refractivity contribution in [2.75, 3.05) is 9.80 Å². The van der Waals surface area contributed by atoms with Crippen molar-refractivity contribution in [2.45, 2.75) is 101 Å². The second kappa shape index (κ2) is 12.2. The highest BCUT2D eigenvalue weighted by molar-refractivity contribution is 7.00. The fourth-order valence-corrected chi connectivity index (χ4v) is 19.3. The summed E-state index contributed by atoms with van der Waals surface area (Å²) in [5.41, 5.74) is 22.1. The topological polar surface area (TPSA) is 19.4 Å². The molecule has 8 aliphatic carbocycles. The van der Waals surface area contributed by atoms with Gasteiger partial charge < -0.3 is 9.80 Å². The monoisotopic (exact) mass is 841 g/mol. The van der Waals surface area contributed by atoms with E-state index in [0.717, 1.165) is 42.9 Å². The molecule has 1 aromatic heterocycles. The van der Waals surface area contributed by atoms with Crippen LogP contribution in [0.2, 0.25) is 0 Å².